The monoisotopic (exact) mass is 197 g/mol. The van der Waals surface area contributed by atoms with E-state index in [1.165, 1.54) is 0 Å². The molecule has 0 aliphatic carbocycles. The van der Waals surface area contributed by atoms with Crippen LogP contribution >= 0.6 is 0 Å². The molecule has 14 heavy (non-hydrogen) atoms. The van der Waals surface area contributed by atoms with Crippen LogP contribution in [0.2, 0.25) is 0 Å². The topological polar surface area (TPSA) is 47.3 Å². The summed E-state index contributed by atoms with van der Waals surface area (Å²) >= 11 is 0. The van der Waals surface area contributed by atoms with E-state index >= 15 is 0 Å². The van der Waals surface area contributed by atoms with Gasteiger partial charge in [0.15, 0.2) is 0 Å². The first kappa shape index (κ1) is 12.9. The standard InChI is InChI=1S/C10H19N3O/c1-5-13(8-6-7-11)9(2)10(14)12(3)4/h9H,5-6,8H2,1-4H3. The van der Waals surface area contributed by atoms with Crippen molar-refractivity contribution in [1.82, 2.24) is 9.80 Å². The molecule has 0 aliphatic heterocycles. The van der Waals surface area contributed by atoms with E-state index in [4.69, 9.17) is 5.26 Å². The van der Waals surface area contributed by atoms with Crippen LogP contribution in [0.1, 0.15) is 20.3 Å². The minimum absolute atomic E-state index is 0.0878. The Bertz CT molecular complexity index is 220. The summed E-state index contributed by atoms with van der Waals surface area (Å²) in [4.78, 5) is 15.2. The molecule has 1 unspecified atom stereocenters. The predicted octanol–water partition coefficient (Wildman–Crippen LogP) is 0.699. The Kier molecular flexibility index (Phi) is 5.89. The zero-order chi connectivity index (χ0) is 11.1. The Morgan fingerprint density at radius 3 is 2.43 bits per heavy atom. The Labute approximate surface area is 86.1 Å². The van der Waals surface area contributed by atoms with Gasteiger partial charge in [0.2, 0.25) is 5.91 Å². The van der Waals surface area contributed by atoms with Crippen LogP contribution in [-0.4, -0.2) is 48.9 Å². The number of hydrogen-bond donors (Lipinski definition) is 0. The normalized spacial score (nSPS) is 12.3. The molecule has 0 rings (SSSR count). The van der Waals surface area contributed by atoms with E-state index in [0.29, 0.717) is 13.0 Å². The van der Waals surface area contributed by atoms with Gasteiger partial charge in [-0.2, -0.15) is 5.26 Å². The molecule has 0 aliphatic rings. The van der Waals surface area contributed by atoms with E-state index in [2.05, 4.69) is 6.07 Å². The van der Waals surface area contributed by atoms with Crippen molar-refractivity contribution < 1.29 is 4.79 Å². The first-order valence-electron chi connectivity index (χ1n) is 4.86. The number of carbonyl (C=O) groups excluding carboxylic acids is 1. The molecule has 0 saturated heterocycles. The Hall–Kier alpha value is -1.08. The quantitative estimate of drug-likeness (QED) is 0.651. The van der Waals surface area contributed by atoms with Gasteiger partial charge in [0, 0.05) is 27.1 Å². The fourth-order valence-electron chi connectivity index (χ4n) is 1.35. The fourth-order valence-corrected chi connectivity index (χ4v) is 1.35. The highest BCUT2D eigenvalue weighted by Gasteiger charge is 2.20. The molecular weight excluding hydrogens is 178 g/mol. The molecule has 0 aromatic carbocycles. The van der Waals surface area contributed by atoms with Crippen molar-refractivity contribution in [1.29, 1.82) is 5.26 Å². The number of likely N-dealkylation sites (N-methyl/N-ethyl adjacent to an activating group) is 2. The zero-order valence-corrected chi connectivity index (χ0v) is 9.45. The van der Waals surface area contributed by atoms with Crippen molar-refractivity contribution in [3.63, 3.8) is 0 Å². The maximum atomic E-state index is 11.6. The fraction of sp³-hybridized carbons (Fsp3) is 0.800. The molecule has 0 radical (unpaired) electrons. The summed E-state index contributed by atoms with van der Waals surface area (Å²) in [6.45, 7) is 5.33. The minimum Gasteiger partial charge on any atom is -0.347 e. The van der Waals surface area contributed by atoms with Gasteiger partial charge < -0.3 is 4.90 Å². The van der Waals surface area contributed by atoms with Crippen molar-refractivity contribution in [2.24, 2.45) is 0 Å². The molecule has 1 atom stereocenters. The zero-order valence-electron chi connectivity index (χ0n) is 9.45. The van der Waals surface area contributed by atoms with E-state index in [0.717, 1.165) is 6.54 Å². The average Bonchev–Trinajstić information content (AvgIpc) is 2.17. The Morgan fingerprint density at radius 2 is 2.07 bits per heavy atom. The lowest BCUT2D eigenvalue weighted by atomic mass is 10.2. The maximum absolute atomic E-state index is 11.6. The maximum Gasteiger partial charge on any atom is 0.239 e. The van der Waals surface area contributed by atoms with Crippen molar-refractivity contribution in [3.8, 4) is 6.07 Å². The number of nitriles is 1. The van der Waals surface area contributed by atoms with Crippen LogP contribution in [0.4, 0.5) is 0 Å². The van der Waals surface area contributed by atoms with Gasteiger partial charge in [-0.15, -0.1) is 0 Å². The molecular formula is C10H19N3O. The van der Waals surface area contributed by atoms with Crippen molar-refractivity contribution in [3.05, 3.63) is 0 Å². The van der Waals surface area contributed by atoms with Crippen LogP contribution in [0.3, 0.4) is 0 Å². The number of rotatable bonds is 5. The molecule has 0 N–H and O–H groups in total. The second-order valence-corrected chi connectivity index (χ2v) is 3.45. The smallest absolute Gasteiger partial charge is 0.239 e. The SMILES string of the molecule is CCN(CCC#N)C(C)C(=O)N(C)C. The summed E-state index contributed by atoms with van der Waals surface area (Å²) in [7, 11) is 3.49. The van der Waals surface area contributed by atoms with Crippen LogP contribution in [0.5, 0.6) is 0 Å². The van der Waals surface area contributed by atoms with Gasteiger partial charge in [-0.1, -0.05) is 6.92 Å². The number of carbonyl (C=O) groups is 1. The highest BCUT2D eigenvalue weighted by atomic mass is 16.2. The Balaban J connectivity index is 4.24. The molecule has 0 fully saturated rings. The van der Waals surface area contributed by atoms with Crippen LogP contribution in [0, 0.1) is 11.3 Å². The summed E-state index contributed by atoms with van der Waals surface area (Å²) in [6, 6.07) is 1.95. The number of hydrogen-bond acceptors (Lipinski definition) is 3. The van der Waals surface area contributed by atoms with Gasteiger partial charge in [0.1, 0.15) is 0 Å². The summed E-state index contributed by atoms with van der Waals surface area (Å²) < 4.78 is 0. The molecule has 80 valence electrons. The van der Waals surface area contributed by atoms with Gasteiger partial charge in [-0.05, 0) is 13.5 Å². The molecule has 0 saturated carbocycles. The molecule has 0 aromatic heterocycles. The first-order valence-corrected chi connectivity index (χ1v) is 4.86. The van der Waals surface area contributed by atoms with E-state index < -0.39 is 0 Å². The van der Waals surface area contributed by atoms with Gasteiger partial charge in [-0.25, -0.2) is 0 Å². The van der Waals surface area contributed by atoms with Crippen LogP contribution in [-0.2, 0) is 4.79 Å². The van der Waals surface area contributed by atoms with E-state index in [9.17, 15) is 4.79 Å². The van der Waals surface area contributed by atoms with Crippen LogP contribution in [0.15, 0.2) is 0 Å². The van der Waals surface area contributed by atoms with Gasteiger partial charge in [0.25, 0.3) is 0 Å². The number of amides is 1. The molecule has 4 nitrogen and oxygen atoms in total. The second-order valence-electron chi connectivity index (χ2n) is 3.45. The van der Waals surface area contributed by atoms with E-state index in [1.807, 2.05) is 18.7 Å². The highest BCUT2D eigenvalue weighted by molar-refractivity contribution is 5.80. The summed E-state index contributed by atoms with van der Waals surface area (Å²) in [6.07, 6.45) is 0.471. The third-order valence-corrected chi connectivity index (χ3v) is 2.26. The average molecular weight is 197 g/mol. The first-order chi connectivity index (χ1) is 6.54. The molecule has 0 heterocycles. The Morgan fingerprint density at radius 1 is 1.50 bits per heavy atom. The van der Waals surface area contributed by atoms with Crippen molar-refractivity contribution in [2.75, 3.05) is 27.2 Å². The van der Waals surface area contributed by atoms with Crippen LogP contribution in [0.25, 0.3) is 0 Å². The van der Waals surface area contributed by atoms with E-state index in [-0.39, 0.29) is 11.9 Å². The molecule has 0 aromatic rings. The van der Waals surface area contributed by atoms with Gasteiger partial charge in [-0.3, -0.25) is 9.69 Å². The summed E-state index contributed by atoms with van der Waals surface area (Å²) in [5.41, 5.74) is 0. The minimum atomic E-state index is -0.136. The lowest BCUT2D eigenvalue weighted by Gasteiger charge is -2.27. The predicted molar refractivity (Wildman–Crippen MR) is 55.6 cm³/mol. The third-order valence-electron chi connectivity index (χ3n) is 2.26. The lowest BCUT2D eigenvalue weighted by Crippen LogP contribution is -2.44. The van der Waals surface area contributed by atoms with Crippen molar-refractivity contribution in [2.45, 2.75) is 26.3 Å². The van der Waals surface area contributed by atoms with Gasteiger partial charge >= 0.3 is 0 Å². The van der Waals surface area contributed by atoms with Crippen molar-refractivity contribution >= 4 is 5.91 Å². The number of nitrogens with zero attached hydrogens (tertiary/aromatic N) is 3. The second kappa shape index (κ2) is 6.39. The molecule has 0 spiro atoms. The third kappa shape index (κ3) is 3.75. The lowest BCUT2D eigenvalue weighted by molar-refractivity contribution is -0.133. The van der Waals surface area contributed by atoms with Gasteiger partial charge in [0.05, 0.1) is 12.1 Å². The molecule has 0 bridgehead atoms. The van der Waals surface area contributed by atoms with E-state index in [1.54, 1.807) is 19.0 Å². The summed E-state index contributed by atoms with van der Waals surface area (Å²) in [5, 5.41) is 8.47. The van der Waals surface area contributed by atoms with Crippen LogP contribution < -0.4 is 0 Å². The molecule has 1 amide bonds. The summed E-state index contributed by atoms with van der Waals surface area (Å²) in [5.74, 6) is 0.0878. The highest BCUT2D eigenvalue weighted by Crippen LogP contribution is 2.02. The molecule has 4 heteroatoms. The largest absolute Gasteiger partial charge is 0.347 e.